The number of alkyl halides is 1. The number of ether oxygens (including phenoxy) is 1. The van der Waals surface area contributed by atoms with Gasteiger partial charge in [-0.3, -0.25) is 14.4 Å². The minimum absolute atomic E-state index is 0.103. The predicted octanol–water partition coefficient (Wildman–Crippen LogP) is 5.82. The first-order valence-electron chi connectivity index (χ1n) is 14.6. The molecule has 3 aromatic carbocycles. The van der Waals surface area contributed by atoms with Crippen LogP contribution in [-0.4, -0.2) is 61.8 Å². The molecule has 7 atom stereocenters. The molecule has 3 aliphatic rings. The number of nitrogens with one attached hydrogen (secondary N) is 2. The van der Waals surface area contributed by atoms with Crippen LogP contribution >= 0.6 is 39.3 Å². The minimum atomic E-state index is -0.966. The van der Waals surface area contributed by atoms with E-state index in [-0.39, 0.29) is 28.5 Å². The maximum absolute atomic E-state index is 14.6. The highest BCUT2D eigenvalue weighted by Crippen LogP contribution is 2.68. The van der Waals surface area contributed by atoms with Gasteiger partial charge in [0.25, 0.3) is 0 Å². The van der Waals surface area contributed by atoms with E-state index in [0.717, 1.165) is 5.56 Å². The molecule has 3 unspecified atom stereocenters. The van der Waals surface area contributed by atoms with Crippen LogP contribution in [0.1, 0.15) is 30.5 Å². The predicted molar refractivity (Wildman–Crippen MR) is 176 cm³/mol. The monoisotopic (exact) mass is 697 g/mol. The average Bonchev–Trinajstić information content (AvgIpc) is 3.61. The van der Waals surface area contributed by atoms with Gasteiger partial charge in [0.1, 0.15) is 11.8 Å². The normalized spacial score (nSPS) is 27.6. The molecular formula is C33H33BrClN3O5S. The highest BCUT2D eigenvalue weighted by Gasteiger charge is 2.76. The molecule has 3 aromatic rings. The fourth-order valence-electron chi connectivity index (χ4n) is 7.04. The van der Waals surface area contributed by atoms with E-state index in [2.05, 4.69) is 26.6 Å². The summed E-state index contributed by atoms with van der Waals surface area (Å²) in [4.78, 5) is 44.5. The molecule has 3 fully saturated rings. The van der Waals surface area contributed by atoms with Crippen molar-refractivity contribution >= 4 is 68.4 Å². The van der Waals surface area contributed by atoms with E-state index in [9.17, 15) is 19.5 Å². The molecule has 2 bridgehead atoms. The van der Waals surface area contributed by atoms with Crippen molar-refractivity contribution in [3.05, 3.63) is 88.9 Å². The first kappa shape index (κ1) is 31.0. The molecule has 230 valence electrons. The van der Waals surface area contributed by atoms with Crippen LogP contribution in [0.3, 0.4) is 0 Å². The number of anilines is 2. The lowest BCUT2D eigenvalue weighted by Gasteiger charge is -2.37. The molecular weight excluding hydrogens is 666 g/mol. The molecule has 0 aliphatic carbocycles. The average molecular weight is 699 g/mol. The van der Waals surface area contributed by atoms with Crippen molar-refractivity contribution in [1.82, 2.24) is 4.90 Å². The topological polar surface area (TPSA) is 108 Å². The van der Waals surface area contributed by atoms with Crippen LogP contribution in [0.25, 0.3) is 0 Å². The van der Waals surface area contributed by atoms with Crippen molar-refractivity contribution in [2.45, 2.75) is 47.2 Å². The maximum Gasteiger partial charge on any atom is 0.248 e. The van der Waals surface area contributed by atoms with Crippen LogP contribution in [0.15, 0.2) is 72.8 Å². The Morgan fingerprint density at radius 2 is 1.82 bits per heavy atom. The van der Waals surface area contributed by atoms with Crippen LogP contribution in [-0.2, 0) is 14.4 Å². The van der Waals surface area contributed by atoms with Gasteiger partial charge in [0.2, 0.25) is 17.7 Å². The van der Waals surface area contributed by atoms with Crippen LogP contribution in [0.5, 0.6) is 5.75 Å². The van der Waals surface area contributed by atoms with Crippen LogP contribution in [0, 0.1) is 18.8 Å². The fraction of sp³-hybridized carbons (Fsp3) is 0.364. The Labute approximate surface area is 274 Å². The molecule has 0 aromatic heterocycles. The zero-order valence-electron chi connectivity index (χ0n) is 24.2. The Balaban J connectivity index is 1.40. The molecule has 44 heavy (non-hydrogen) atoms. The Morgan fingerprint density at radius 1 is 1.09 bits per heavy atom. The van der Waals surface area contributed by atoms with E-state index < -0.39 is 34.6 Å². The van der Waals surface area contributed by atoms with Crippen molar-refractivity contribution < 1.29 is 24.2 Å². The summed E-state index contributed by atoms with van der Waals surface area (Å²) in [5, 5.41) is 16.9. The second-order valence-electron chi connectivity index (χ2n) is 11.4. The molecule has 3 saturated heterocycles. The summed E-state index contributed by atoms with van der Waals surface area (Å²) in [6, 6.07) is 19.9. The number of aryl methyl sites for hydroxylation is 1. The maximum atomic E-state index is 14.6. The van der Waals surface area contributed by atoms with E-state index in [1.165, 1.54) is 16.7 Å². The number of fused-ring (bicyclic) bond motifs is 1. The minimum Gasteiger partial charge on any atom is -0.494 e. The molecule has 1 spiro atoms. The number of likely N-dealkylation sites (tertiary alicyclic amines) is 1. The summed E-state index contributed by atoms with van der Waals surface area (Å²) in [5.74, 6) is -1.76. The number of aliphatic hydroxyl groups is 1. The molecule has 6 rings (SSSR count). The van der Waals surface area contributed by atoms with E-state index in [1.807, 2.05) is 56.3 Å². The van der Waals surface area contributed by atoms with Gasteiger partial charge in [-0.2, -0.15) is 0 Å². The number of rotatable bonds is 9. The first-order valence-corrected chi connectivity index (χ1v) is 16.8. The zero-order chi connectivity index (χ0) is 31.2. The third-order valence-electron chi connectivity index (χ3n) is 8.87. The number of aliphatic hydroxyl groups excluding tert-OH is 1. The summed E-state index contributed by atoms with van der Waals surface area (Å²) < 4.78 is 4.62. The molecule has 3 N–H and O–H groups in total. The number of para-hydroxylation sites is 1. The Hall–Kier alpha value is -3.05. The lowest BCUT2D eigenvalue weighted by molar-refractivity contribution is -0.141. The molecule has 3 aliphatic heterocycles. The molecule has 3 heterocycles. The second-order valence-corrected chi connectivity index (χ2v) is 14.5. The number of carbonyl (C=O) groups excluding carboxylic acids is 3. The summed E-state index contributed by atoms with van der Waals surface area (Å²) >= 11 is 11.8. The Kier molecular flexibility index (Phi) is 8.71. The van der Waals surface area contributed by atoms with Gasteiger partial charge in [-0.1, -0.05) is 70.0 Å². The SMILES string of the molecule is CCOc1ccc(NC(=O)[C@H]2[C@H]3C(=O)N([C@H](CO)c4ccccc4)C(C(=O)Nc4c(C)cccc4Cl)C34CC(Br)[C@@H]2S4)cc1. The van der Waals surface area contributed by atoms with Gasteiger partial charge in [0.15, 0.2) is 0 Å². The van der Waals surface area contributed by atoms with Crippen LogP contribution in [0.2, 0.25) is 5.02 Å². The largest absolute Gasteiger partial charge is 0.494 e. The van der Waals surface area contributed by atoms with Gasteiger partial charge in [-0.15, -0.1) is 11.8 Å². The van der Waals surface area contributed by atoms with Gasteiger partial charge in [-0.05, 0) is 61.7 Å². The first-order chi connectivity index (χ1) is 21.2. The number of halogens is 2. The molecule has 3 amide bonds. The van der Waals surface area contributed by atoms with Crippen molar-refractivity contribution in [1.29, 1.82) is 0 Å². The van der Waals surface area contributed by atoms with Crippen molar-refractivity contribution in [3.63, 3.8) is 0 Å². The smallest absolute Gasteiger partial charge is 0.248 e. The summed E-state index contributed by atoms with van der Waals surface area (Å²) in [5.41, 5.74) is 2.56. The molecule has 0 radical (unpaired) electrons. The molecule has 0 saturated carbocycles. The number of hydrogen-bond donors (Lipinski definition) is 3. The number of nitrogens with zero attached hydrogens (tertiary/aromatic N) is 1. The number of hydrogen-bond acceptors (Lipinski definition) is 6. The number of benzene rings is 3. The highest BCUT2D eigenvalue weighted by molar-refractivity contribution is 9.09. The van der Waals surface area contributed by atoms with E-state index in [1.54, 1.807) is 30.3 Å². The fourth-order valence-corrected chi connectivity index (χ4v) is 10.9. The summed E-state index contributed by atoms with van der Waals surface area (Å²) in [7, 11) is 0. The van der Waals surface area contributed by atoms with Crippen LogP contribution < -0.4 is 15.4 Å². The van der Waals surface area contributed by atoms with Crippen molar-refractivity contribution in [2.75, 3.05) is 23.8 Å². The van der Waals surface area contributed by atoms with E-state index in [0.29, 0.717) is 40.7 Å². The second kappa shape index (κ2) is 12.4. The quantitative estimate of drug-likeness (QED) is 0.243. The lowest BCUT2D eigenvalue weighted by atomic mass is 9.70. The zero-order valence-corrected chi connectivity index (χ0v) is 27.4. The molecule has 8 nitrogen and oxygen atoms in total. The van der Waals surface area contributed by atoms with Crippen LogP contribution in [0.4, 0.5) is 11.4 Å². The summed E-state index contributed by atoms with van der Waals surface area (Å²) in [6.07, 6.45) is 0.509. The van der Waals surface area contributed by atoms with Crippen molar-refractivity contribution in [3.8, 4) is 5.75 Å². The van der Waals surface area contributed by atoms with Gasteiger partial charge >= 0.3 is 0 Å². The van der Waals surface area contributed by atoms with E-state index in [4.69, 9.17) is 16.3 Å². The Morgan fingerprint density at radius 3 is 2.48 bits per heavy atom. The third-order valence-corrected chi connectivity index (χ3v) is 12.4. The lowest BCUT2D eigenvalue weighted by Crippen LogP contribution is -2.53. The van der Waals surface area contributed by atoms with Crippen molar-refractivity contribution in [2.24, 2.45) is 11.8 Å². The number of amides is 3. The Bertz CT molecular complexity index is 1560. The highest BCUT2D eigenvalue weighted by atomic mass is 79.9. The van der Waals surface area contributed by atoms with Gasteiger partial charge in [0.05, 0.1) is 46.5 Å². The van der Waals surface area contributed by atoms with Gasteiger partial charge in [-0.25, -0.2) is 0 Å². The van der Waals surface area contributed by atoms with Gasteiger partial charge < -0.3 is 25.4 Å². The third kappa shape index (κ3) is 5.19. The number of carbonyl (C=O) groups is 3. The van der Waals surface area contributed by atoms with E-state index >= 15 is 0 Å². The number of thioether (sulfide) groups is 1. The van der Waals surface area contributed by atoms with Gasteiger partial charge in [0, 0.05) is 15.8 Å². The summed E-state index contributed by atoms with van der Waals surface area (Å²) in [6.45, 7) is 3.90. The standard InChI is InChI=1S/C33H33BrClN3O5S/c1-3-43-21-14-12-20(13-15-21)36-30(40)25-26-32(42)38(24(17-39)19-9-5-4-6-10-19)29(33(26)16-22(34)28(25)44-33)31(41)37-27-18(2)8-7-11-23(27)35/h4-15,22,24-26,28-29,39H,3,16-17H2,1-2H3,(H,36,40)(H,37,41)/t22?,24-,25+,26+,28+,29?,33?/m1/s1. The molecule has 11 heteroatoms.